The first-order valence-corrected chi connectivity index (χ1v) is 6.27. The monoisotopic (exact) mass is 219 g/mol. The van der Waals surface area contributed by atoms with Crippen molar-refractivity contribution in [1.82, 2.24) is 0 Å². The van der Waals surface area contributed by atoms with Crippen LogP contribution in [0.15, 0.2) is 24.3 Å². The van der Waals surface area contributed by atoms with E-state index in [1.54, 1.807) is 0 Å². The molecular weight excluding hydrogens is 198 g/mol. The van der Waals surface area contributed by atoms with E-state index >= 15 is 0 Å². The van der Waals surface area contributed by atoms with Gasteiger partial charge < -0.3 is 10.5 Å². The average Bonchev–Trinajstić information content (AvgIpc) is 2.80. The molecule has 0 aromatic heterocycles. The van der Waals surface area contributed by atoms with Gasteiger partial charge in [-0.05, 0) is 42.9 Å². The third-order valence-electron chi connectivity index (χ3n) is 3.34. The molecule has 1 aromatic rings. The van der Waals surface area contributed by atoms with E-state index in [-0.39, 0.29) is 0 Å². The molecule has 1 saturated carbocycles. The van der Waals surface area contributed by atoms with Gasteiger partial charge in [0.1, 0.15) is 0 Å². The maximum Gasteiger partial charge on any atom is 0.0506 e. The summed E-state index contributed by atoms with van der Waals surface area (Å²) < 4.78 is 5.72. The first kappa shape index (κ1) is 11.5. The fourth-order valence-corrected chi connectivity index (χ4v) is 2.30. The number of anilines is 1. The standard InChI is InChI=1S/C14H21NO/c15-14-7-5-12(6-8-14)9-10-16-11-13-3-1-2-4-13/h5-8,13H,1-4,9-11,15H2. The lowest BCUT2D eigenvalue weighted by molar-refractivity contribution is 0.104. The molecule has 2 rings (SSSR count). The molecule has 1 fully saturated rings. The van der Waals surface area contributed by atoms with E-state index in [1.165, 1.54) is 31.2 Å². The number of benzene rings is 1. The molecular formula is C14H21NO. The van der Waals surface area contributed by atoms with Crippen molar-refractivity contribution in [3.63, 3.8) is 0 Å². The summed E-state index contributed by atoms with van der Waals surface area (Å²) >= 11 is 0. The zero-order valence-corrected chi connectivity index (χ0v) is 9.82. The smallest absolute Gasteiger partial charge is 0.0506 e. The lowest BCUT2D eigenvalue weighted by Crippen LogP contribution is -2.07. The van der Waals surface area contributed by atoms with Gasteiger partial charge in [-0.25, -0.2) is 0 Å². The Morgan fingerprint density at radius 1 is 1.12 bits per heavy atom. The van der Waals surface area contributed by atoms with Gasteiger partial charge in [-0.1, -0.05) is 25.0 Å². The van der Waals surface area contributed by atoms with E-state index in [0.717, 1.165) is 31.2 Å². The van der Waals surface area contributed by atoms with E-state index < -0.39 is 0 Å². The Hall–Kier alpha value is -1.02. The Morgan fingerprint density at radius 3 is 2.50 bits per heavy atom. The van der Waals surface area contributed by atoms with Gasteiger partial charge in [0, 0.05) is 12.3 Å². The van der Waals surface area contributed by atoms with Gasteiger partial charge in [-0.3, -0.25) is 0 Å². The summed E-state index contributed by atoms with van der Waals surface area (Å²) in [5.74, 6) is 0.825. The second-order valence-electron chi connectivity index (χ2n) is 4.72. The number of ether oxygens (including phenoxy) is 1. The maximum absolute atomic E-state index is 5.72. The molecule has 0 aliphatic heterocycles. The normalized spacial score (nSPS) is 16.8. The van der Waals surface area contributed by atoms with E-state index in [2.05, 4.69) is 12.1 Å². The lowest BCUT2D eigenvalue weighted by Gasteiger charge is -2.09. The highest BCUT2D eigenvalue weighted by Crippen LogP contribution is 2.24. The summed E-state index contributed by atoms with van der Waals surface area (Å²) in [5, 5.41) is 0. The van der Waals surface area contributed by atoms with Crippen molar-refractivity contribution in [3.05, 3.63) is 29.8 Å². The van der Waals surface area contributed by atoms with Gasteiger partial charge >= 0.3 is 0 Å². The van der Waals surface area contributed by atoms with Crippen LogP contribution in [0.1, 0.15) is 31.2 Å². The fourth-order valence-electron chi connectivity index (χ4n) is 2.30. The van der Waals surface area contributed by atoms with Crippen LogP contribution in [0.2, 0.25) is 0 Å². The van der Waals surface area contributed by atoms with Crippen LogP contribution in [-0.4, -0.2) is 13.2 Å². The van der Waals surface area contributed by atoms with E-state index in [9.17, 15) is 0 Å². The lowest BCUT2D eigenvalue weighted by atomic mass is 10.1. The Labute approximate surface area is 97.8 Å². The van der Waals surface area contributed by atoms with Crippen molar-refractivity contribution >= 4 is 5.69 Å². The first-order chi connectivity index (χ1) is 7.84. The summed E-state index contributed by atoms with van der Waals surface area (Å²) in [4.78, 5) is 0. The van der Waals surface area contributed by atoms with Crippen LogP contribution in [0.25, 0.3) is 0 Å². The van der Waals surface area contributed by atoms with Crippen LogP contribution in [-0.2, 0) is 11.2 Å². The summed E-state index contributed by atoms with van der Waals surface area (Å²) in [6.45, 7) is 1.79. The maximum atomic E-state index is 5.72. The second-order valence-corrected chi connectivity index (χ2v) is 4.72. The quantitative estimate of drug-likeness (QED) is 0.610. The first-order valence-electron chi connectivity index (χ1n) is 6.27. The molecule has 16 heavy (non-hydrogen) atoms. The van der Waals surface area contributed by atoms with E-state index in [4.69, 9.17) is 10.5 Å². The predicted octanol–water partition coefficient (Wildman–Crippen LogP) is 3.02. The van der Waals surface area contributed by atoms with Gasteiger partial charge in [0.15, 0.2) is 0 Å². The second kappa shape index (κ2) is 5.90. The summed E-state index contributed by atoms with van der Waals surface area (Å²) in [5.41, 5.74) is 7.77. The zero-order chi connectivity index (χ0) is 11.2. The molecule has 2 N–H and O–H groups in total. The van der Waals surface area contributed by atoms with Gasteiger partial charge in [0.05, 0.1) is 6.61 Å². The molecule has 0 heterocycles. The predicted molar refractivity (Wildman–Crippen MR) is 67.3 cm³/mol. The molecule has 0 bridgehead atoms. The van der Waals surface area contributed by atoms with Crippen molar-refractivity contribution in [3.8, 4) is 0 Å². The van der Waals surface area contributed by atoms with Crippen LogP contribution in [0, 0.1) is 5.92 Å². The third kappa shape index (κ3) is 3.53. The van der Waals surface area contributed by atoms with Crippen molar-refractivity contribution in [2.45, 2.75) is 32.1 Å². The van der Waals surface area contributed by atoms with Gasteiger partial charge in [0.2, 0.25) is 0 Å². The number of nitrogens with two attached hydrogens (primary N) is 1. The molecule has 2 heteroatoms. The Kier molecular flexibility index (Phi) is 4.23. The third-order valence-corrected chi connectivity index (χ3v) is 3.34. The van der Waals surface area contributed by atoms with Crippen LogP contribution >= 0.6 is 0 Å². The molecule has 0 unspecified atom stereocenters. The van der Waals surface area contributed by atoms with Crippen LogP contribution in [0.3, 0.4) is 0 Å². The highest BCUT2D eigenvalue weighted by atomic mass is 16.5. The fraction of sp³-hybridized carbons (Fsp3) is 0.571. The molecule has 0 saturated heterocycles. The van der Waals surface area contributed by atoms with Crippen LogP contribution in [0.5, 0.6) is 0 Å². The van der Waals surface area contributed by atoms with Crippen LogP contribution in [0.4, 0.5) is 5.69 Å². The summed E-state index contributed by atoms with van der Waals surface area (Å²) in [6, 6.07) is 8.06. The SMILES string of the molecule is Nc1ccc(CCOCC2CCCC2)cc1. The van der Waals surface area contributed by atoms with Crippen molar-refractivity contribution < 1.29 is 4.74 Å². The molecule has 0 radical (unpaired) electrons. The molecule has 88 valence electrons. The average molecular weight is 219 g/mol. The number of hydrogen-bond acceptors (Lipinski definition) is 2. The molecule has 1 aliphatic rings. The highest BCUT2D eigenvalue weighted by Gasteiger charge is 2.14. The minimum Gasteiger partial charge on any atom is -0.399 e. The zero-order valence-electron chi connectivity index (χ0n) is 9.82. The van der Waals surface area contributed by atoms with Crippen LogP contribution < -0.4 is 5.73 Å². The highest BCUT2D eigenvalue weighted by molar-refractivity contribution is 5.39. The number of nitrogen functional groups attached to an aromatic ring is 1. The molecule has 2 nitrogen and oxygen atoms in total. The Bertz CT molecular complexity index is 301. The van der Waals surface area contributed by atoms with E-state index in [1.807, 2.05) is 12.1 Å². The van der Waals surface area contributed by atoms with Crippen molar-refractivity contribution in [1.29, 1.82) is 0 Å². The van der Waals surface area contributed by atoms with Crippen molar-refractivity contribution in [2.75, 3.05) is 18.9 Å². The summed E-state index contributed by atoms with van der Waals surface area (Å²) in [7, 11) is 0. The van der Waals surface area contributed by atoms with Gasteiger partial charge in [-0.15, -0.1) is 0 Å². The Balaban J connectivity index is 1.62. The molecule has 1 aromatic carbocycles. The molecule has 0 atom stereocenters. The van der Waals surface area contributed by atoms with Gasteiger partial charge in [0.25, 0.3) is 0 Å². The number of hydrogen-bond donors (Lipinski definition) is 1. The minimum atomic E-state index is 0.825. The topological polar surface area (TPSA) is 35.2 Å². The van der Waals surface area contributed by atoms with Crippen molar-refractivity contribution in [2.24, 2.45) is 5.92 Å². The van der Waals surface area contributed by atoms with Gasteiger partial charge in [-0.2, -0.15) is 0 Å². The molecule has 0 amide bonds. The summed E-state index contributed by atoms with van der Waals surface area (Å²) in [6.07, 6.45) is 6.51. The van der Waals surface area contributed by atoms with E-state index in [0.29, 0.717) is 0 Å². The molecule has 0 spiro atoms. The minimum absolute atomic E-state index is 0.825. The largest absolute Gasteiger partial charge is 0.399 e. The molecule has 1 aliphatic carbocycles. The Morgan fingerprint density at radius 2 is 1.81 bits per heavy atom. The number of rotatable bonds is 5.